The lowest BCUT2D eigenvalue weighted by molar-refractivity contribution is 0.0600. The average Bonchev–Trinajstić information content (AvgIpc) is 3.19. The fraction of sp³-hybridized carbons (Fsp3) is 0.267. The second kappa shape index (κ2) is 5.61. The van der Waals surface area contributed by atoms with Crippen molar-refractivity contribution in [3.8, 4) is 0 Å². The number of aliphatic hydroxyl groups excluding tert-OH is 1. The van der Waals surface area contributed by atoms with E-state index in [9.17, 15) is 9.90 Å². The lowest BCUT2D eigenvalue weighted by Crippen LogP contribution is -2.10. The molecule has 0 spiro atoms. The summed E-state index contributed by atoms with van der Waals surface area (Å²) in [5.41, 5.74) is 2.28. The Kier molecular flexibility index (Phi) is 3.64. The minimum Gasteiger partial charge on any atom is -0.465 e. The van der Waals surface area contributed by atoms with E-state index in [1.807, 2.05) is 11.5 Å². The first-order valence-electron chi connectivity index (χ1n) is 6.89. The van der Waals surface area contributed by atoms with Crippen LogP contribution in [-0.4, -0.2) is 37.1 Å². The molecule has 3 aromatic heterocycles. The zero-order chi connectivity index (χ0) is 15.7. The summed E-state index contributed by atoms with van der Waals surface area (Å²) < 4.78 is 8.26. The Morgan fingerprint density at radius 3 is 2.91 bits per heavy atom. The van der Waals surface area contributed by atoms with Crippen molar-refractivity contribution in [1.82, 2.24) is 18.9 Å². The molecule has 7 nitrogen and oxygen atoms in total. The topological polar surface area (TPSA) is 81.6 Å². The van der Waals surface area contributed by atoms with Gasteiger partial charge < -0.3 is 18.8 Å². The van der Waals surface area contributed by atoms with Crippen molar-refractivity contribution >= 4 is 11.6 Å². The molecule has 0 aliphatic rings. The molecule has 1 unspecified atom stereocenters. The van der Waals surface area contributed by atoms with Crippen molar-refractivity contribution < 1.29 is 14.6 Å². The largest absolute Gasteiger partial charge is 0.465 e. The van der Waals surface area contributed by atoms with Gasteiger partial charge in [0, 0.05) is 12.7 Å². The third-order valence-corrected chi connectivity index (χ3v) is 3.60. The SMILES string of the molecule is CCn1cncc1C(O)c1cnc2ccc(C(=O)OC)cn12. The molecule has 0 radical (unpaired) electrons. The second-order valence-electron chi connectivity index (χ2n) is 4.83. The molecular weight excluding hydrogens is 284 g/mol. The number of esters is 1. The highest BCUT2D eigenvalue weighted by atomic mass is 16.5. The van der Waals surface area contributed by atoms with Crippen molar-refractivity contribution in [2.45, 2.75) is 19.6 Å². The van der Waals surface area contributed by atoms with Gasteiger partial charge in [-0.15, -0.1) is 0 Å². The van der Waals surface area contributed by atoms with Gasteiger partial charge >= 0.3 is 5.97 Å². The number of ether oxygens (including phenoxy) is 1. The van der Waals surface area contributed by atoms with E-state index < -0.39 is 12.1 Å². The highest BCUT2D eigenvalue weighted by Gasteiger charge is 2.19. The van der Waals surface area contributed by atoms with E-state index in [4.69, 9.17) is 4.74 Å². The monoisotopic (exact) mass is 300 g/mol. The molecule has 0 fully saturated rings. The molecule has 0 saturated carbocycles. The summed E-state index contributed by atoms with van der Waals surface area (Å²) in [5.74, 6) is -0.436. The highest BCUT2D eigenvalue weighted by Crippen LogP contribution is 2.23. The zero-order valence-corrected chi connectivity index (χ0v) is 12.3. The molecule has 0 aliphatic carbocycles. The highest BCUT2D eigenvalue weighted by molar-refractivity contribution is 5.89. The summed E-state index contributed by atoms with van der Waals surface area (Å²) >= 11 is 0. The first-order valence-corrected chi connectivity index (χ1v) is 6.89. The van der Waals surface area contributed by atoms with Crippen molar-refractivity contribution in [3.63, 3.8) is 0 Å². The van der Waals surface area contributed by atoms with Crippen LogP contribution in [0.5, 0.6) is 0 Å². The maximum Gasteiger partial charge on any atom is 0.339 e. The molecule has 0 aromatic carbocycles. The average molecular weight is 300 g/mol. The van der Waals surface area contributed by atoms with Gasteiger partial charge in [-0.3, -0.25) is 0 Å². The number of carbonyl (C=O) groups is 1. The van der Waals surface area contributed by atoms with Crippen molar-refractivity contribution in [2.24, 2.45) is 0 Å². The number of hydrogen-bond acceptors (Lipinski definition) is 5. The standard InChI is InChI=1S/C15H16N4O3/c1-3-18-9-16-6-11(18)14(20)12-7-17-13-5-4-10(8-19(12)13)15(21)22-2/h4-9,14,20H,3H2,1-2H3. The van der Waals surface area contributed by atoms with E-state index in [0.29, 0.717) is 29.1 Å². The number of hydrogen-bond donors (Lipinski definition) is 1. The number of nitrogens with zero attached hydrogens (tertiary/aromatic N) is 4. The van der Waals surface area contributed by atoms with Gasteiger partial charge in [0.15, 0.2) is 0 Å². The molecule has 0 bridgehead atoms. The molecule has 3 rings (SSSR count). The van der Waals surface area contributed by atoms with Crippen LogP contribution >= 0.6 is 0 Å². The van der Waals surface area contributed by atoms with E-state index in [2.05, 4.69) is 9.97 Å². The molecule has 114 valence electrons. The van der Waals surface area contributed by atoms with Gasteiger partial charge in [-0.1, -0.05) is 0 Å². The number of fused-ring (bicyclic) bond motifs is 1. The number of methoxy groups -OCH3 is 1. The maximum absolute atomic E-state index is 11.7. The molecule has 7 heteroatoms. The number of rotatable bonds is 4. The van der Waals surface area contributed by atoms with Gasteiger partial charge in [0.25, 0.3) is 0 Å². The summed E-state index contributed by atoms with van der Waals surface area (Å²) in [6.07, 6.45) is 5.61. The Hall–Kier alpha value is -2.67. The Morgan fingerprint density at radius 1 is 1.36 bits per heavy atom. The smallest absolute Gasteiger partial charge is 0.339 e. The van der Waals surface area contributed by atoms with Crippen molar-refractivity contribution in [2.75, 3.05) is 7.11 Å². The van der Waals surface area contributed by atoms with Gasteiger partial charge in [-0.2, -0.15) is 0 Å². The van der Waals surface area contributed by atoms with Crippen molar-refractivity contribution in [1.29, 1.82) is 0 Å². The Labute approximate surface area is 126 Å². The predicted molar refractivity (Wildman–Crippen MR) is 78.5 cm³/mol. The summed E-state index contributed by atoms with van der Waals surface area (Å²) in [4.78, 5) is 20.0. The number of pyridine rings is 1. The van der Waals surface area contributed by atoms with Crippen LogP contribution in [0, 0.1) is 0 Å². The minimum atomic E-state index is -0.884. The summed E-state index contributed by atoms with van der Waals surface area (Å²) in [6.45, 7) is 2.68. The number of aromatic nitrogens is 4. The first-order chi connectivity index (χ1) is 10.7. The first kappa shape index (κ1) is 14.3. The summed E-state index contributed by atoms with van der Waals surface area (Å²) in [5, 5.41) is 10.6. The quantitative estimate of drug-likeness (QED) is 0.737. The predicted octanol–water partition coefficient (Wildman–Crippen LogP) is 1.42. The molecule has 3 heterocycles. The third-order valence-electron chi connectivity index (χ3n) is 3.60. The zero-order valence-electron chi connectivity index (χ0n) is 12.3. The molecule has 0 amide bonds. The fourth-order valence-electron chi connectivity index (χ4n) is 2.41. The van der Waals surface area contributed by atoms with E-state index in [1.54, 1.807) is 41.5 Å². The fourth-order valence-corrected chi connectivity index (χ4v) is 2.41. The summed E-state index contributed by atoms with van der Waals surface area (Å²) in [6, 6.07) is 3.35. The lowest BCUT2D eigenvalue weighted by Gasteiger charge is -2.13. The number of imidazole rings is 2. The molecule has 1 N–H and O–H groups in total. The number of aliphatic hydroxyl groups is 1. The second-order valence-corrected chi connectivity index (χ2v) is 4.83. The number of carbonyl (C=O) groups excluding carboxylic acids is 1. The van der Waals surface area contributed by atoms with Crippen LogP contribution in [0.25, 0.3) is 5.65 Å². The van der Waals surface area contributed by atoms with Crippen LogP contribution < -0.4 is 0 Å². The Morgan fingerprint density at radius 2 is 2.18 bits per heavy atom. The lowest BCUT2D eigenvalue weighted by atomic mass is 10.2. The maximum atomic E-state index is 11.7. The summed E-state index contributed by atoms with van der Waals surface area (Å²) in [7, 11) is 1.33. The van der Waals surface area contributed by atoms with Crippen LogP contribution in [0.4, 0.5) is 0 Å². The number of aryl methyl sites for hydroxylation is 1. The van der Waals surface area contributed by atoms with Gasteiger partial charge in [0.05, 0.1) is 42.8 Å². The molecule has 0 aliphatic heterocycles. The third kappa shape index (κ3) is 2.25. The van der Waals surface area contributed by atoms with Crippen LogP contribution in [-0.2, 0) is 11.3 Å². The molecule has 0 saturated heterocycles. The Balaban J connectivity index is 2.08. The van der Waals surface area contributed by atoms with Gasteiger partial charge in [-0.05, 0) is 19.1 Å². The van der Waals surface area contributed by atoms with Gasteiger partial charge in [0.1, 0.15) is 11.8 Å². The van der Waals surface area contributed by atoms with Gasteiger partial charge in [-0.25, -0.2) is 14.8 Å². The van der Waals surface area contributed by atoms with Crippen molar-refractivity contribution in [3.05, 3.63) is 54.0 Å². The molecule has 1 atom stereocenters. The Bertz CT molecular complexity index is 821. The van der Waals surface area contributed by atoms with E-state index in [0.717, 1.165) is 0 Å². The normalized spacial score (nSPS) is 12.5. The van der Waals surface area contributed by atoms with Crippen LogP contribution in [0.15, 0.2) is 37.1 Å². The van der Waals surface area contributed by atoms with Crippen LogP contribution in [0.2, 0.25) is 0 Å². The van der Waals surface area contributed by atoms with Crippen LogP contribution in [0.3, 0.4) is 0 Å². The van der Waals surface area contributed by atoms with Crippen LogP contribution in [0.1, 0.15) is 34.8 Å². The van der Waals surface area contributed by atoms with Gasteiger partial charge in [0.2, 0.25) is 0 Å². The molecule has 3 aromatic rings. The van der Waals surface area contributed by atoms with E-state index in [-0.39, 0.29) is 0 Å². The van der Waals surface area contributed by atoms with E-state index >= 15 is 0 Å². The molecular formula is C15H16N4O3. The molecule has 22 heavy (non-hydrogen) atoms. The van der Waals surface area contributed by atoms with E-state index in [1.165, 1.54) is 7.11 Å². The minimum absolute atomic E-state index is 0.394.